The second-order valence-corrected chi connectivity index (χ2v) is 3.25. The topological polar surface area (TPSA) is 38.8 Å². The summed E-state index contributed by atoms with van der Waals surface area (Å²) in [6, 6.07) is 5.52. The Bertz CT molecular complexity index is 377. The molecular weight excluding hydrogens is 206 g/mol. The summed E-state index contributed by atoms with van der Waals surface area (Å²) in [5, 5.41) is 1.10. The van der Waals surface area contributed by atoms with Crippen molar-refractivity contribution in [1.29, 1.82) is 0 Å². The third-order valence-corrected chi connectivity index (χ3v) is 2.22. The fourth-order valence-electron chi connectivity index (χ4n) is 1.33. The normalized spacial score (nSPS) is 10.0. The monoisotopic (exact) mass is 222 g/mol. The van der Waals surface area contributed by atoms with E-state index in [1.807, 2.05) is 19.1 Å². The molecular formula is C12H16NO3. The van der Waals surface area contributed by atoms with Gasteiger partial charge in [0.05, 0.1) is 19.4 Å². The van der Waals surface area contributed by atoms with Crippen molar-refractivity contribution >= 4 is 11.8 Å². The number of carbonyl (C=O) groups excluding carboxylic acids is 1. The number of amides is 1. The van der Waals surface area contributed by atoms with Crippen molar-refractivity contribution < 1.29 is 14.4 Å². The van der Waals surface area contributed by atoms with Gasteiger partial charge in [0.25, 0.3) is 0 Å². The number of rotatable bonds is 3. The second-order valence-electron chi connectivity index (χ2n) is 3.25. The van der Waals surface area contributed by atoms with Crippen LogP contribution < -0.4 is 5.06 Å². The molecule has 1 rings (SSSR count). The van der Waals surface area contributed by atoms with Gasteiger partial charge < -0.3 is 4.74 Å². The van der Waals surface area contributed by atoms with Gasteiger partial charge in [-0.1, -0.05) is 12.1 Å². The number of hydrogen-bond acceptors (Lipinski definition) is 3. The van der Waals surface area contributed by atoms with E-state index in [1.165, 1.54) is 7.11 Å². The molecule has 4 heteroatoms. The quantitative estimate of drug-likeness (QED) is 0.738. The number of carbonyl (C=O) groups is 1. The number of anilines is 1. The van der Waals surface area contributed by atoms with Gasteiger partial charge in [-0.05, 0) is 38.0 Å². The second kappa shape index (κ2) is 5.51. The number of hydrogen-bond donors (Lipinski definition) is 0. The van der Waals surface area contributed by atoms with E-state index in [2.05, 4.69) is 6.92 Å². The molecule has 4 nitrogen and oxygen atoms in total. The van der Waals surface area contributed by atoms with E-state index in [1.54, 1.807) is 13.0 Å². The molecule has 1 radical (unpaired) electrons. The predicted molar refractivity (Wildman–Crippen MR) is 62.1 cm³/mol. The van der Waals surface area contributed by atoms with Gasteiger partial charge in [-0.25, -0.2) is 4.79 Å². The maximum absolute atomic E-state index is 11.6. The highest BCUT2D eigenvalue weighted by Gasteiger charge is 2.18. The lowest BCUT2D eigenvalue weighted by molar-refractivity contribution is 0.104. The molecule has 87 valence electrons. The first-order valence-corrected chi connectivity index (χ1v) is 5.04. The molecule has 0 aliphatic carbocycles. The van der Waals surface area contributed by atoms with Gasteiger partial charge in [-0.15, -0.1) is 0 Å². The van der Waals surface area contributed by atoms with Gasteiger partial charge in [0.2, 0.25) is 0 Å². The van der Waals surface area contributed by atoms with Crippen LogP contribution in [-0.2, 0) is 9.57 Å². The van der Waals surface area contributed by atoms with Gasteiger partial charge in [-0.3, -0.25) is 4.84 Å². The maximum Gasteiger partial charge on any atom is 0.438 e. The third-order valence-electron chi connectivity index (χ3n) is 2.22. The highest BCUT2D eigenvalue weighted by atomic mass is 16.7. The van der Waals surface area contributed by atoms with Crippen LogP contribution in [0.25, 0.3) is 0 Å². The van der Waals surface area contributed by atoms with Crippen LogP contribution in [0.5, 0.6) is 0 Å². The Morgan fingerprint density at radius 2 is 2.19 bits per heavy atom. The van der Waals surface area contributed by atoms with Crippen molar-refractivity contribution in [1.82, 2.24) is 0 Å². The molecule has 0 N–H and O–H groups in total. The summed E-state index contributed by atoms with van der Waals surface area (Å²) in [7, 11) is 1.42. The number of benzene rings is 1. The molecule has 0 fully saturated rings. The van der Waals surface area contributed by atoms with Crippen molar-refractivity contribution in [3.63, 3.8) is 0 Å². The molecule has 16 heavy (non-hydrogen) atoms. The fraction of sp³-hybridized carbons (Fsp3) is 0.333. The zero-order chi connectivity index (χ0) is 12.1. The zero-order valence-corrected chi connectivity index (χ0v) is 9.82. The van der Waals surface area contributed by atoms with Gasteiger partial charge >= 0.3 is 6.09 Å². The lowest BCUT2D eigenvalue weighted by Crippen LogP contribution is -2.31. The van der Waals surface area contributed by atoms with Crippen molar-refractivity contribution in [2.75, 3.05) is 18.8 Å². The van der Waals surface area contributed by atoms with E-state index in [-0.39, 0.29) is 0 Å². The first-order valence-electron chi connectivity index (χ1n) is 5.04. The Kier molecular flexibility index (Phi) is 4.31. The molecule has 0 spiro atoms. The summed E-state index contributed by atoms with van der Waals surface area (Å²) in [6.07, 6.45) is -0.541. The minimum Gasteiger partial charge on any atom is -0.448 e. The average Bonchev–Trinajstić information content (AvgIpc) is 2.25. The largest absolute Gasteiger partial charge is 0.448 e. The lowest BCUT2D eigenvalue weighted by atomic mass is 10.1. The first kappa shape index (κ1) is 12.5. The summed E-state index contributed by atoms with van der Waals surface area (Å²) in [4.78, 5) is 16.6. The van der Waals surface area contributed by atoms with Crippen LogP contribution in [0.2, 0.25) is 0 Å². The number of nitrogens with zero attached hydrogens (tertiary/aromatic N) is 1. The van der Waals surface area contributed by atoms with Crippen molar-refractivity contribution in [2.45, 2.75) is 13.8 Å². The summed E-state index contributed by atoms with van der Waals surface area (Å²) < 4.78 is 4.88. The number of aryl methyl sites for hydroxylation is 1. The van der Waals surface area contributed by atoms with Crippen LogP contribution in [0.1, 0.15) is 18.1 Å². The van der Waals surface area contributed by atoms with E-state index in [0.717, 1.165) is 16.2 Å². The van der Waals surface area contributed by atoms with E-state index >= 15 is 0 Å². The molecule has 0 aromatic heterocycles. The average molecular weight is 222 g/mol. The summed E-state index contributed by atoms with van der Waals surface area (Å²) in [6.45, 7) is 7.87. The van der Waals surface area contributed by atoms with Crippen molar-refractivity contribution in [3.05, 3.63) is 36.2 Å². The van der Waals surface area contributed by atoms with Crippen LogP contribution >= 0.6 is 0 Å². The SMILES string of the molecule is [CH2]c1c(C)cccc1N(OC)C(=O)OCC. The van der Waals surface area contributed by atoms with Gasteiger partial charge in [-0.2, -0.15) is 5.06 Å². The molecule has 0 heterocycles. The maximum atomic E-state index is 11.6. The van der Waals surface area contributed by atoms with E-state index in [0.29, 0.717) is 12.3 Å². The minimum absolute atomic E-state index is 0.303. The van der Waals surface area contributed by atoms with Gasteiger partial charge in [0, 0.05) is 0 Å². The Labute approximate surface area is 95.7 Å². The number of ether oxygens (including phenoxy) is 1. The molecule has 1 amide bonds. The molecule has 0 saturated heterocycles. The van der Waals surface area contributed by atoms with Crippen molar-refractivity contribution in [2.24, 2.45) is 0 Å². The number of hydroxylamine groups is 1. The molecule has 0 unspecified atom stereocenters. The molecule has 0 aliphatic heterocycles. The fourth-order valence-corrected chi connectivity index (χ4v) is 1.33. The Hall–Kier alpha value is -1.55. The molecule has 1 aromatic rings. The van der Waals surface area contributed by atoms with Gasteiger partial charge in [0.1, 0.15) is 0 Å². The van der Waals surface area contributed by atoms with Gasteiger partial charge in [0.15, 0.2) is 0 Å². The van der Waals surface area contributed by atoms with E-state index in [4.69, 9.17) is 9.57 Å². The molecule has 1 aromatic carbocycles. The van der Waals surface area contributed by atoms with Crippen LogP contribution in [0.15, 0.2) is 18.2 Å². The minimum atomic E-state index is -0.541. The lowest BCUT2D eigenvalue weighted by Gasteiger charge is -2.21. The highest BCUT2D eigenvalue weighted by Crippen LogP contribution is 2.23. The Morgan fingerprint density at radius 3 is 2.75 bits per heavy atom. The molecule has 0 atom stereocenters. The summed E-state index contributed by atoms with van der Waals surface area (Å²) >= 11 is 0. The smallest absolute Gasteiger partial charge is 0.438 e. The standard InChI is InChI=1S/C12H16NO3/c1-5-16-12(14)13(15-4)11-8-6-7-9(2)10(11)3/h6-8H,3,5H2,1-2,4H3. The van der Waals surface area contributed by atoms with E-state index < -0.39 is 6.09 Å². The zero-order valence-electron chi connectivity index (χ0n) is 9.82. The van der Waals surface area contributed by atoms with Crippen LogP contribution in [0, 0.1) is 13.8 Å². The molecule has 0 bridgehead atoms. The summed E-state index contributed by atoms with van der Waals surface area (Å²) in [5.74, 6) is 0. The van der Waals surface area contributed by atoms with E-state index in [9.17, 15) is 4.79 Å². The Morgan fingerprint density at radius 1 is 1.50 bits per heavy atom. The summed E-state index contributed by atoms with van der Waals surface area (Å²) in [5.41, 5.74) is 2.34. The predicted octanol–water partition coefficient (Wildman–Crippen LogP) is 2.70. The highest BCUT2D eigenvalue weighted by molar-refractivity contribution is 5.86. The Balaban J connectivity index is 3.04. The van der Waals surface area contributed by atoms with Crippen LogP contribution in [0.4, 0.5) is 10.5 Å². The van der Waals surface area contributed by atoms with Crippen LogP contribution in [-0.4, -0.2) is 19.8 Å². The molecule has 0 saturated carbocycles. The molecule has 0 aliphatic rings. The van der Waals surface area contributed by atoms with Crippen molar-refractivity contribution in [3.8, 4) is 0 Å². The van der Waals surface area contributed by atoms with Crippen LogP contribution in [0.3, 0.4) is 0 Å². The first-order chi connectivity index (χ1) is 7.61. The third kappa shape index (κ3) is 2.52.